The van der Waals surface area contributed by atoms with Gasteiger partial charge in [-0.05, 0) is 43.3 Å². The average molecular weight is 231 g/mol. The van der Waals surface area contributed by atoms with E-state index in [1.165, 1.54) is 17.8 Å². The highest BCUT2D eigenvalue weighted by molar-refractivity contribution is 5.17. The van der Waals surface area contributed by atoms with Crippen LogP contribution in [0, 0.1) is 5.82 Å². The topological polar surface area (TPSA) is 37.8 Å². The summed E-state index contributed by atoms with van der Waals surface area (Å²) in [6.07, 6.45) is 5.57. The minimum absolute atomic E-state index is 0.0815. The van der Waals surface area contributed by atoms with Gasteiger partial charge in [0.15, 0.2) is 0 Å². The summed E-state index contributed by atoms with van der Waals surface area (Å²) < 4.78 is 12.8. The predicted molar refractivity (Wildman–Crippen MR) is 63.9 cm³/mol. The minimum Gasteiger partial charge on any atom is -0.311 e. The van der Waals surface area contributed by atoms with Gasteiger partial charge in [0, 0.05) is 12.4 Å². The van der Waals surface area contributed by atoms with E-state index >= 15 is 0 Å². The molecule has 2 aromatic heterocycles. The van der Waals surface area contributed by atoms with Crippen LogP contribution in [0.3, 0.4) is 0 Å². The number of nitrogens with zero attached hydrogens (tertiary/aromatic N) is 2. The molecule has 0 bridgehead atoms. The van der Waals surface area contributed by atoms with Gasteiger partial charge in [-0.3, -0.25) is 9.97 Å². The van der Waals surface area contributed by atoms with Crippen molar-refractivity contribution >= 4 is 0 Å². The van der Waals surface area contributed by atoms with E-state index in [0.717, 1.165) is 12.1 Å². The van der Waals surface area contributed by atoms with Crippen LogP contribution >= 0.6 is 0 Å². The normalized spacial score (nSPS) is 12.4. The van der Waals surface area contributed by atoms with E-state index in [0.29, 0.717) is 0 Å². The van der Waals surface area contributed by atoms with Crippen molar-refractivity contribution in [1.82, 2.24) is 15.3 Å². The van der Waals surface area contributed by atoms with E-state index in [9.17, 15) is 4.39 Å². The van der Waals surface area contributed by atoms with Crippen LogP contribution in [-0.2, 0) is 6.42 Å². The van der Waals surface area contributed by atoms with E-state index in [4.69, 9.17) is 0 Å². The summed E-state index contributed by atoms with van der Waals surface area (Å²) in [7, 11) is 1.87. The van der Waals surface area contributed by atoms with Crippen LogP contribution in [0.5, 0.6) is 0 Å². The standard InChI is InChI=1S/C13H14FN3/c1-15-13(8-10-4-6-16-7-5-10)12-3-2-11(14)9-17-12/h2-7,9,13,15H,8H2,1H3. The third-order valence-corrected chi connectivity index (χ3v) is 2.64. The Morgan fingerprint density at radius 2 is 2.00 bits per heavy atom. The molecule has 2 rings (SSSR count). The molecule has 2 aromatic rings. The molecule has 0 aliphatic carbocycles. The largest absolute Gasteiger partial charge is 0.311 e. The van der Waals surface area contributed by atoms with Crippen molar-refractivity contribution in [2.45, 2.75) is 12.5 Å². The van der Waals surface area contributed by atoms with Gasteiger partial charge in [-0.15, -0.1) is 0 Å². The van der Waals surface area contributed by atoms with Crippen molar-refractivity contribution in [3.8, 4) is 0 Å². The summed E-state index contributed by atoms with van der Waals surface area (Å²) in [5.74, 6) is -0.312. The fourth-order valence-electron chi connectivity index (χ4n) is 1.70. The average Bonchev–Trinajstić information content (AvgIpc) is 2.38. The fraction of sp³-hybridized carbons (Fsp3) is 0.231. The number of hydrogen-bond acceptors (Lipinski definition) is 3. The lowest BCUT2D eigenvalue weighted by Crippen LogP contribution is -2.20. The maximum absolute atomic E-state index is 12.8. The molecule has 0 saturated heterocycles. The molecule has 88 valence electrons. The Kier molecular flexibility index (Phi) is 3.77. The van der Waals surface area contributed by atoms with E-state index in [1.54, 1.807) is 18.5 Å². The molecule has 0 aliphatic heterocycles. The van der Waals surface area contributed by atoms with E-state index in [2.05, 4.69) is 15.3 Å². The van der Waals surface area contributed by atoms with Gasteiger partial charge in [0.2, 0.25) is 0 Å². The van der Waals surface area contributed by atoms with Crippen LogP contribution in [0.2, 0.25) is 0 Å². The lowest BCUT2D eigenvalue weighted by molar-refractivity contribution is 0.565. The lowest BCUT2D eigenvalue weighted by Gasteiger charge is -2.15. The Hall–Kier alpha value is -1.81. The Bertz CT molecular complexity index is 456. The molecule has 0 fully saturated rings. The van der Waals surface area contributed by atoms with Crippen molar-refractivity contribution < 1.29 is 4.39 Å². The van der Waals surface area contributed by atoms with Crippen LogP contribution in [0.15, 0.2) is 42.9 Å². The molecule has 1 unspecified atom stereocenters. The highest BCUT2D eigenvalue weighted by Gasteiger charge is 2.11. The summed E-state index contributed by atoms with van der Waals surface area (Å²) in [6, 6.07) is 7.15. The van der Waals surface area contributed by atoms with Gasteiger partial charge < -0.3 is 5.32 Å². The second-order valence-corrected chi connectivity index (χ2v) is 3.80. The van der Waals surface area contributed by atoms with Crippen molar-refractivity contribution in [3.05, 3.63) is 59.9 Å². The van der Waals surface area contributed by atoms with E-state index in [-0.39, 0.29) is 11.9 Å². The van der Waals surface area contributed by atoms with Crippen molar-refractivity contribution in [1.29, 1.82) is 0 Å². The third-order valence-electron chi connectivity index (χ3n) is 2.64. The number of nitrogens with one attached hydrogen (secondary N) is 1. The van der Waals surface area contributed by atoms with Gasteiger partial charge in [0.05, 0.1) is 17.9 Å². The molecule has 4 heteroatoms. The summed E-state index contributed by atoms with van der Waals surface area (Å²) in [5, 5.41) is 3.18. The molecule has 0 saturated carbocycles. The van der Waals surface area contributed by atoms with Gasteiger partial charge in [-0.25, -0.2) is 4.39 Å². The highest BCUT2D eigenvalue weighted by Crippen LogP contribution is 2.15. The molecule has 0 aliphatic rings. The van der Waals surface area contributed by atoms with Crippen LogP contribution in [0.4, 0.5) is 4.39 Å². The Morgan fingerprint density at radius 1 is 1.24 bits per heavy atom. The third kappa shape index (κ3) is 3.07. The Labute approximate surface area is 99.7 Å². The summed E-state index contributed by atoms with van der Waals surface area (Å²) in [5.41, 5.74) is 2.01. The Balaban J connectivity index is 2.14. The quantitative estimate of drug-likeness (QED) is 0.875. The van der Waals surface area contributed by atoms with Gasteiger partial charge >= 0.3 is 0 Å². The number of halogens is 1. The Morgan fingerprint density at radius 3 is 2.59 bits per heavy atom. The fourth-order valence-corrected chi connectivity index (χ4v) is 1.70. The van der Waals surface area contributed by atoms with Crippen LogP contribution in [-0.4, -0.2) is 17.0 Å². The predicted octanol–water partition coefficient (Wildman–Crippen LogP) is 2.12. The van der Waals surface area contributed by atoms with Crippen LogP contribution in [0.1, 0.15) is 17.3 Å². The molecule has 3 nitrogen and oxygen atoms in total. The van der Waals surface area contributed by atoms with E-state index < -0.39 is 0 Å². The van der Waals surface area contributed by atoms with Gasteiger partial charge in [-0.2, -0.15) is 0 Å². The first kappa shape index (κ1) is 11.7. The molecule has 1 atom stereocenters. The van der Waals surface area contributed by atoms with Crippen LogP contribution in [0.25, 0.3) is 0 Å². The first-order valence-electron chi connectivity index (χ1n) is 5.47. The van der Waals surface area contributed by atoms with Gasteiger partial charge in [-0.1, -0.05) is 0 Å². The maximum Gasteiger partial charge on any atom is 0.141 e. The maximum atomic E-state index is 12.8. The zero-order chi connectivity index (χ0) is 12.1. The molecule has 0 radical (unpaired) electrons. The molecule has 2 heterocycles. The van der Waals surface area contributed by atoms with E-state index in [1.807, 2.05) is 19.2 Å². The zero-order valence-corrected chi connectivity index (χ0v) is 9.60. The van der Waals surface area contributed by atoms with Crippen LogP contribution < -0.4 is 5.32 Å². The molecular formula is C13H14FN3. The van der Waals surface area contributed by atoms with Gasteiger partial charge in [0.1, 0.15) is 5.82 Å². The number of aromatic nitrogens is 2. The monoisotopic (exact) mass is 231 g/mol. The van der Waals surface area contributed by atoms with Crippen molar-refractivity contribution in [2.75, 3.05) is 7.05 Å². The van der Waals surface area contributed by atoms with Gasteiger partial charge in [0.25, 0.3) is 0 Å². The molecular weight excluding hydrogens is 217 g/mol. The van der Waals surface area contributed by atoms with Crippen molar-refractivity contribution in [2.24, 2.45) is 0 Å². The molecule has 0 amide bonds. The lowest BCUT2D eigenvalue weighted by atomic mass is 10.0. The second-order valence-electron chi connectivity index (χ2n) is 3.80. The summed E-state index contributed by atoms with van der Waals surface area (Å²) in [4.78, 5) is 8.07. The molecule has 0 spiro atoms. The SMILES string of the molecule is CNC(Cc1ccncc1)c1ccc(F)cn1. The highest BCUT2D eigenvalue weighted by atomic mass is 19.1. The number of hydrogen-bond donors (Lipinski definition) is 1. The summed E-state index contributed by atoms with van der Waals surface area (Å²) >= 11 is 0. The van der Waals surface area contributed by atoms with Crippen molar-refractivity contribution in [3.63, 3.8) is 0 Å². The first-order valence-corrected chi connectivity index (χ1v) is 5.47. The number of pyridine rings is 2. The second kappa shape index (κ2) is 5.50. The first-order chi connectivity index (χ1) is 8.29. The minimum atomic E-state index is -0.312. The smallest absolute Gasteiger partial charge is 0.141 e. The zero-order valence-electron chi connectivity index (χ0n) is 9.60. The number of rotatable bonds is 4. The molecule has 0 aromatic carbocycles. The summed E-state index contributed by atoms with van der Waals surface area (Å²) in [6.45, 7) is 0. The number of likely N-dealkylation sites (N-methyl/N-ethyl adjacent to an activating group) is 1. The molecule has 17 heavy (non-hydrogen) atoms. The molecule has 1 N–H and O–H groups in total.